The van der Waals surface area contributed by atoms with Gasteiger partial charge in [0.1, 0.15) is 5.01 Å². The Labute approximate surface area is 128 Å². The molecule has 0 atom stereocenters. The Bertz CT molecular complexity index is 667. The fourth-order valence-corrected chi connectivity index (χ4v) is 3.26. The minimum Gasteiger partial charge on any atom is -0.362 e. The van der Waals surface area contributed by atoms with E-state index in [9.17, 15) is 4.79 Å². The molecule has 0 fully saturated rings. The Morgan fingerprint density at radius 2 is 2.24 bits per heavy atom. The first kappa shape index (κ1) is 14.0. The Hall–Kier alpha value is -1.95. The predicted octanol–water partition coefficient (Wildman–Crippen LogP) is 2.55. The molecule has 1 aromatic heterocycles. The van der Waals surface area contributed by atoms with Crippen molar-refractivity contribution in [2.24, 2.45) is 0 Å². The Balaban J connectivity index is 1.70. The molecule has 21 heavy (non-hydrogen) atoms. The fraction of sp³-hybridized carbons (Fsp3) is 0.400. The summed E-state index contributed by atoms with van der Waals surface area (Å²) in [7, 11) is 0. The van der Waals surface area contributed by atoms with Crippen LogP contribution in [0.5, 0.6) is 0 Å². The summed E-state index contributed by atoms with van der Waals surface area (Å²) in [5.74, 6) is -0.0421. The zero-order chi connectivity index (χ0) is 14.8. The molecule has 0 saturated carbocycles. The molecule has 1 aliphatic heterocycles. The van der Waals surface area contributed by atoms with E-state index in [-0.39, 0.29) is 5.91 Å². The van der Waals surface area contributed by atoms with Gasteiger partial charge in [-0.3, -0.25) is 10.1 Å². The number of fused-ring (bicyclic) bond motifs is 1. The van der Waals surface area contributed by atoms with Crippen molar-refractivity contribution >= 4 is 28.1 Å². The summed E-state index contributed by atoms with van der Waals surface area (Å²) >= 11 is 1.39. The van der Waals surface area contributed by atoms with Crippen LogP contribution in [-0.2, 0) is 11.2 Å². The summed E-state index contributed by atoms with van der Waals surface area (Å²) in [6.45, 7) is 5.24. The van der Waals surface area contributed by atoms with E-state index in [0.29, 0.717) is 11.7 Å². The van der Waals surface area contributed by atoms with Crippen LogP contribution >= 0.6 is 11.3 Å². The number of rotatable bonds is 3. The number of amides is 1. The quantitative estimate of drug-likeness (QED) is 0.946. The molecule has 3 rings (SSSR count). The van der Waals surface area contributed by atoms with Crippen LogP contribution < -0.4 is 10.2 Å². The number of aromatic nitrogens is 2. The van der Waals surface area contributed by atoms with Crippen LogP contribution in [0.15, 0.2) is 18.2 Å². The molecule has 0 saturated heterocycles. The lowest BCUT2D eigenvalue weighted by Gasteiger charge is -2.30. The molecule has 5 nitrogen and oxygen atoms in total. The Kier molecular flexibility index (Phi) is 3.88. The van der Waals surface area contributed by atoms with Gasteiger partial charge in [0.2, 0.25) is 11.0 Å². The number of anilines is 2. The molecule has 1 amide bonds. The molecule has 2 heterocycles. The summed E-state index contributed by atoms with van der Waals surface area (Å²) < 4.78 is 0. The van der Waals surface area contributed by atoms with E-state index in [0.717, 1.165) is 24.4 Å². The molecule has 1 aromatic carbocycles. The van der Waals surface area contributed by atoms with E-state index in [1.165, 1.54) is 28.2 Å². The molecule has 0 spiro atoms. The highest BCUT2D eigenvalue weighted by Gasteiger charge is 2.19. The van der Waals surface area contributed by atoms with Gasteiger partial charge in [0.25, 0.3) is 0 Å². The summed E-state index contributed by atoms with van der Waals surface area (Å²) in [5, 5.41) is 12.1. The van der Waals surface area contributed by atoms with E-state index < -0.39 is 0 Å². The van der Waals surface area contributed by atoms with Gasteiger partial charge in [0, 0.05) is 12.2 Å². The third-order valence-electron chi connectivity index (χ3n) is 3.56. The van der Waals surface area contributed by atoms with E-state index in [2.05, 4.69) is 45.5 Å². The molecule has 0 bridgehead atoms. The van der Waals surface area contributed by atoms with E-state index in [1.807, 2.05) is 6.92 Å². The lowest BCUT2D eigenvalue weighted by atomic mass is 9.99. The number of nitrogens with one attached hydrogen (secondary N) is 1. The van der Waals surface area contributed by atoms with E-state index in [1.54, 1.807) is 0 Å². The third kappa shape index (κ3) is 3.21. The highest BCUT2D eigenvalue weighted by molar-refractivity contribution is 7.15. The predicted molar refractivity (Wildman–Crippen MR) is 85.0 cm³/mol. The van der Waals surface area contributed by atoms with Gasteiger partial charge in [-0.15, -0.1) is 10.2 Å². The van der Waals surface area contributed by atoms with Crippen LogP contribution in [0.3, 0.4) is 0 Å². The van der Waals surface area contributed by atoms with Crippen LogP contribution in [0.2, 0.25) is 0 Å². The molecular formula is C15H18N4OS. The Morgan fingerprint density at radius 3 is 3.00 bits per heavy atom. The number of carbonyl (C=O) groups excluding carboxylic acids is 1. The van der Waals surface area contributed by atoms with Gasteiger partial charge in [0.15, 0.2) is 0 Å². The van der Waals surface area contributed by atoms with Crippen molar-refractivity contribution in [3.8, 4) is 0 Å². The monoisotopic (exact) mass is 302 g/mol. The zero-order valence-electron chi connectivity index (χ0n) is 12.2. The van der Waals surface area contributed by atoms with Crippen molar-refractivity contribution in [3.05, 3.63) is 34.3 Å². The SMILES string of the molecule is Cc1ccc2c(c1)CCCN2CC(=O)Nc1nnc(C)s1. The smallest absolute Gasteiger partial charge is 0.245 e. The summed E-state index contributed by atoms with van der Waals surface area (Å²) in [6.07, 6.45) is 2.17. The second kappa shape index (κ2) is 5.81. The van der Waals surface area contributed by atoms with Crippen molar-refractivity contribution in [1.82, 2.24) is 10.2 Å². The van der Waals surface area contributed by atoms with Crippen molar-refractivity contribution in [1.29, 1.82) is 0 Å². The van der Waals surface area contributed by atoms with Crippen LogP contribution in [-0.4, -0.2) is 29.2 Å². The van der Waals surface area contributed by atoms with Gasteiger partial charge < -0.3 is 4.90 Å². The maximum Gasteiger partial charge on any atom is 0.245 e. The van der Waals surface area contributed by atoms with Crippen molar-refractivity contribution in [2.75, 3.05) is 23.3 Å². The molecule has 6 heteroatoms. The summed E-state index contributed by atoms with van der Waals surface area (Å²) in [6, 6.07) is 6.43. The lowest BCUT2D eigenvalue weighted by Crippen LogP contribution is -2.36. The molecule has 1 N–H and O–H groups in total. The maximum atomic E-state index is 12.2. The van der Waals surface area contributed by atoms with Gasteiger partial charge in [-0.05, 0) is 38.3 Å². The summed E-state index contributed by atoms with van der Waals surface area (Å²) in [4.78, 5) is 14.3. The normalized spacial score (nSPS) is 13.9. The minimum absolute atomic E-state index is 0.0421. The third-order valence-corrected chi connectivity index (χ3v) is 4.31. The van der Waals surface area contributed by atoms with Crippen LogP contribution in [0, 0.1) is 13.8 Å². The van der Waals surface area contributed by atoms with Gasteiger partial charge in [-0.1, -0.05) is 29.0 Å². The van der Waals surface area contributed by atoms with Gasteiger partial charge >= 0.3 is 0 Å². The molecule has 0 aliphatic carbocycles. The molecule has 2 aromatic rings. The number of hydrogen-bond acceptors (Lipinski definition) is 5. The average Bonchev–Trinajstić information content (AvgIpc) is 2.83. The van der Waals surface area contributed by atoms with Gasteiger partial charge in [-0.2, -0.15) is 0 Å². The minimum atomic E-state index is -0.0421. The van der Waals surface area contributed by atoms with Crippen LogP contribution in [0.25, 0.3) is 0 Å². The topological polar surface area (TPSA) is 58.1 Å². The highest BCUT2D eigenvalue weighted by atomic mass is 32.1. The number of nitrogens with zero attached hydrogens (tertiary/aromatic N) is 3. The van der Waals surface area contributed by atoms with Gasteiger partial charge in [-0.25, -0.2) is 0 Å². The first-order valence-corrected chi connectivity index (χ1v) is 7.88. The van der Waals surface area contributed by atoms with Crippen LogP contribution in [0.1, 0.15) is 22.6 Å². The Morgan fingerprint density at radius 1 is 1.38 bits per heavy atom. The summed E-state index contributed by atoms with van der Waals surface area (Å²) in [5.41, 5.74) is 3.78. The largest absolute Gasteiger partial charge is 0.362 e. The molecular weight excluding hydrogens is 284 g/mol. The van der Waals surface area contributed by atoms with Crippen molar-refractivity contribution in [3.63, 3.8) is 0 Å². The van der Waals surface area contributed by atoms with E-state index >= 15 is 0 Å². The van der Waals surface area contributed by atoms with Crippen LogP contribution in [0.4, 0.5) is 10.8 Å². The maximum absolute atomic E-state index is 12.2. The van der Waals surface area contributed by atoms with Gasteiger partial charge in [0.05, 0.1) is 6.54 Å². The average molecular weight is 302 g/mol. The molecule has 0 unspecified atom stereocenters. The van der Waals surface area contributed by atoms with E-state index in [4.69, 9.17) is 0 Å². The molecule has 1 aliphatic rings. The number of hydrogen-bond donors (Lipinski definition) is 1. The standard InChI is InChI=1S/C15H18N4OS/c1-10-5-6-13-12(8-10)4-3-7-19(13)9-14(20)16-15-18-17-11(2)21-15/h5-6,8H,3-4,7,9H2,1-2H3,(H,16,18,20). The fourth-order valence-electron chi connectivity index (χ4n) is 2.65. The number of aryl methyl sites for hydroxylation is 3. The second-order valence-electron chi connectivity index (χ2n) is 5.33. The first-order chi connectivity index (χ1) is 10.1. The molecule has 110 valence electrons. The molecule has 0 radical (unpaired) electrons. The number of benzene rings is 1. The second-order valence-corrected chi connectivity index (χ2v) is 6.51. The number of carbonyl (C=O) groups is 1. The lowest BCUT2D eigenvalue weighted by molar-refractivity contribution is -0.115. The highest BCUT2D eigenvalue weighted by Crippen LogP contribution is 2.27. The van der Waals surface area contributed by atoms with Crippen molar-refractivity contribution in [2.45, 2.75) is 26.7 Å². The first-order valence-electron chi connectivity index (χ1n) is 7.06. The zero-order valence-corrected chi connectivity index (χ0v) is 13.0. The van der Waals surface area contributed by atoms with Crippen molar-refractivity contribution < 1.29 is 4.79 Å².